The second-order valence-corrected chi connectivity index (χ2v) is 11.9. The molecule has 1 aliphatic rings. The van der Waals surface area contributed by atoms with Crippen molar-refractivity contribution in [3.05, 3.63) is 107 Å². The maximum atomic E-state index is 14.5. The third-order valence-corrected chi connectivity index (χ3v) is 8.80. The van der Waals surface area contributed by atoms with Gasteiger partial charge >= 0.3 is 0 Å². The van der Waals surface area contributed by atoms with E-state index in [0.717, 1.165) is 12.0 Å². The number of aryl methyl sites for hydroxylation is 2. The van der Waals surface area contributed by atoms with Crippen LogP contribution in [0.5, 0.6) is 5.75 Å². The van der Waals surface area contributed by atoms with Crippen LogP contribution in [-0.2, 0) is 16.6 Å². The Hall–Kier alpha value is -3.62. The summed E-state index contributed by atoms with van der Waals surface area (Å²) < 4.78 is 51.9. The van der Waals surface area contributed by atoms with Crippen LogP contribution < -0.4 is 9.04 Å². The molecule has 6 nitrogen and oxygen atoms in total. The lowest BCUT2D eigenvalue weighted by Gasteiger charge is -2.36. The van der Waals surface area contributed by atoms with E-state index in [1.807, 2.05) is 36.0 Å². The first-order valence-electron chi connectivity index (χ1n) is 12.7. The van der Waals surface area contributed by atoms with Crippen molar-refractivity contribution in [3.63, 3.8) is 0 Å². The van der Waals surface area contributed by atoms with E-state index < -0.39 is 15.8 Å². The third kappa shape index (κ3) is 5.87. The van der Waals surface area contributed by atoms with Crippen molar-refractivity contribution < 1.29 is 17.5 Å². The molecule has 0 spiro atoms. The quantitative estimate of drug-likeness (QED) is 0.216. The van der Waals surface area contributed by atoms with Gasteiger partial charge in [-0.2, -0.15) is 5.10 Å². The van der Waals surface area contributed by atoms with E-state index >= 15 is 0 Å². The normalized spacial score (nSPS) is 15.6. The first-order valence-corrected chi connectivity index (χ1v) is 14.5. The van der Waals surface area contributed by atoms with Crippen molar-refractivity contribution in [3.8, 4) is 5.75 Å². The van der Waals surface area contributed by atoms with Gasteiger partial charge in [-0.25, -0.2) is 12.8 Å². The molecule has 0 bridgehead atoms. The first kappa shape index (κ1) is 27.0. The zero-order valence-electron chi connectivity index (χ0n) is 21.7. The molecule has 1 aromatic heterocycles. The third-order valence-electron chi connectivity index (χ3n) is 6.71. The van der Waals surface area contributed by atoms with Crippen LogP contribution in [0.2, 0.25) is 5.02 Å². The van der Waals surface area contributed by atoms with E-state index in [1.54, 1.807) is 61.7 Å². The van der Waals surface area contributed by atoms with Gasteiger partial charge in [-0.3, -0.25) is 8.99 Å². The maximum absolute atomic E-state index is 14.5. The van der Waals surface area contributed by atoms with Crippen molar-refractivity contribution in [2.75, 3.05) is 10.8 Å². The Bertz CT molecular complexity index is 1600. The van der Waals surface area contributed by atoms with E-state index in [0.29, 0.717) is 46.1 Å². The average Bonchev–Trinajstić information content (AvgIpc) is 3.42. The molecule has 0 N–H and O–H groups in total. The molecule has 0 saturated carbocycles. The fourth-order valence-corrected chi connectivity index (χ4v) is 6.73. The average molecular weight is 566 g/mol. The topological polar surface area (TPSA) is 64.4 Å². The summed E-state index contributed by atoms with van der Waals surface area (Å²) in [4.78, 5) is 0.223. The first-order chi connectivity index (χ1) is 18.7. The molecule has 1 aliphatic heterocycles. The number of hydrogen-bond acceptors (Lipinski definition) is 4. The number of benzene rings is 3. The molecule has 0 aliphatic carbocycles. The van der Waals surface area contributed by atoms with E-state index in [9.17, 15) is 12.8 Å². The summed E-state index contributed by atoms with van der Waals surface area (Å²) in [5, 5.41) is 4.55. The fourth-order valence-electron chi connectivity index (χ4n) is 4.81. The number of nitrogens with zero attached hydrogens (tertiary/aromatic N) is 3. The van der Waals surface area contributed by atoms with Crippen LogP contribution in [0.15, 0.2) is 84.0 Å². The zero-order valence-corrected chi connectivity index (χ0v) is 23.3. The molecule has 5 rings (SSSR count). The standard InChI is InChI=1S/C30H29ClFN3O3S/c1-21-7-3-9-25(17-21)39(36,37)35-20-24(8-5-15-34-16-6-14-33-34)38-29-13-12-23(19-28(29)35)18-22(2)30-26(31)10-4-11-27(30)32/h3-4,6-7,9-14,16-19,24H,5,8,15,20H2,1-2H3/b22-18+/t24-/m0/s1. The monoisotopic (exact) mass is 565 g/mol. The second-order valence-electron chi connectivity index (χ2n) is 9.66. The van der Waals surface area contributed by atoms with Gasteiger partial charge in [0.05, 0.1) is 22.2 Å². The summed E-state index contributed by atoms with van der Waals surface area (Å²) in [6.07, 6.45) is 6.54. The molecular weight excluding hydrogens is 537 g/mol. The Morgan fingerprint density at radius 3 is 2.72 bits per heavy atom. The van der Waals surface area contributed by atoms with Crippen molar-refractivity contribution in [2.24, 2.45) is 0 Å². The van der Waals surface area contributed by atoms with Gasteiger partial charge in [0, 0.05) is 24.5 Å². The Labute approximate surface area is 233 Å². The minimum atomic E-state index is -3.88. The minimum Gasteiger partial charge on any atom is -0.486 e. The summed E-state index contributed by atoms with van der Waals surface area (Å²) in [6, 6.07) is 18.7. The van der Waals surface area contributed by atoms with Gasteiger partial charge in [0.1, 0.15) is 17.7 Å². The minimum absolute atomic E-state index is 0.174. The van der Waals surface area contributed by atoms with Gasteiger partial charge in [-0.05, 0) is 85.9 Å². The maximum Gasteiger partial charge on any atom is 0.264 e. The number of rotatable bonds is 8. The van der Waals surface area contributed by atoms with Crippen LogP contribution in [0.25, 0.3) is 11.6 Å². The number of anilines is 1. The van der Waals surface area contributed by atoms with Crippen molar-refractivity contribution in [1.82, 2.24) is 9.78 Å². The van der Waals surface area contributed by atoms with E-state index in [2.05, 4.69) is 5.10 Å². The molecule has 9 heteroatoms. The predicted octanol–water partition coefficient (Wildman–Crippen LogP) is 6.98. The summed E-state index contributed by atoms with van der Waals surface area (Å²) in [7, 11) is -3.88. The fraction of sp³-hybridized carbons (Fsp3) is 0.233. The lowest BCUT2D eigenvalue weighted by molar-refractivity contribution is 0.184. The van der Waals surface area contributed by atoms with Crippen LogP contribution in [-0.4, -0.2) is 30.8 Å². The molecule has 202 valence electrons. The number of aromatic nitrogens is 2. The SMILES string of the molecule is C/C(=C\c1ccc2c(c1)N(S(=O)(=O)c1cccc(C)c1)C[C@H](CCCn1cccn1)O2)c1c(F)cccc1Cl. The highest BCUT2D eigenvalue weighted by atomic mass is 35.5. The molecule has 1 atom stereocenters. The molecule has 4 aromatic rings. The highest BCUT2D eigenvalue weighted by Crippen LogP contribution is 2.39. The van der Waals surface area contributed by atoms with Crippen LogP contribution in [0.1, 0.15) is 36.5 Å². The molecule has 3 aromatic carbocycles. The molecule has 0 fully saturated rings. The Morgan fingerprint density at radius 1 is 1.15 bits per heavy atom. The number of fused-ring (bicyclic) bond motifs is 1. The predicted molar refractivity (Wildman–Crippen MR) is 153 cm³/mol. The highest BCUT2D eigenvalue weighted by Gasteiger charge is 2.34. The summed E-state index contributed by atoms with van der Waals surface area (Å²) in [5.74, 6) is 0.0689. The number of allylic oxidation sites excluding steroid dienone is 1. The van der Waals surface area contributed by atoms with E-state index in [-0.39, 0.29) is 17.5 Å². The lowest BCUT2D eigenvalue weighted by Crippen LogP contribution is -2.43. The number of sulfonamides is 1. The largest absolute Gasteiger partial charge is 0.486 e. The number of halogens is 2. The smallest absolute Gasteiger partial charge is 0.264 e. The van der Waals surface area contributed by atoms with E-state index in [1.165, 1.54) is 10.4 Å². The van der Waals surface area contributed by atoms with Gasteiger partial charge in [-0.15, -0.1) is 0 Å². The van der Waals surface area contributed by atoms with Crippen molar-refractivity contribution >= 4 is 39.0 Å². The number of ether oxygens (including phenoxy) is 1. The Balaban J connectivity index is 1.50. The van der Waals surface area contributed by atoms with Crippen LogP contribution in [0.4, 0.5) is 10.1 Å². The lowest BCUT2D eigenvalue weighted by atomic mass is 10.0. The van der Waals surface area contributed by atoms with Crippen LogP contribution >= 0.6 is 11.6 Å². The zero-order chi connectivity index (χ0) is 27.6. The Morgan fingerprint density at radius 2 is 1.97 bits per heavy atom. The molecule has 39 heavy (non-hydrogen) atoms. The van der Waals surface area contributed by atoms with E-state index in [4.69, 9.17) is 16.3 Å². The van der Waals surface area contributed by atoms with Crippen molar-refractivity contribution in [1.29, 1.82) is 0 Å². The van der Waals surface area contributed by atoms with Crippen LogP contribution in [0, 0.1) is 12.7 Å². The molecule has 0 radical (unpaired) electrons. The Kier molecular flexibility index (Phi) is 7.77. The highest BCUT2D eigenvalue weighted by molar-refractivity contribution is 7.92. The number of hydrogen-bond donors (Lipinski definition) is 0. The molecule has 0 saturated heterocycles. The summed E-state index contributed by atoms with van der Waals surface area (Å²) in [5.41, 5.74) is 2.94. The van der Waals surface area contributed by atoms with Gasteiger partial charge in [0.2, 0.25) is 0 Å². The van der Waals surface area contributed by atoms with Gasteiger partial charge in [0.25, 0.3) is 10.0 Å². The molecule has 2 heterocycles. The molecular formula is C30H29ClFN3O3S. The molecule has 0 unspecified atom stereocenters. The van der Waals surface area contributed by atoms with Gasteiger partial charge in [0.15, 0.2) is 0 Å². The van der Waals surface area contributed by atoms with Crippen LogP contribution in [0.3, 0.4) is 0 Å². The molecule has 0 amide bonds. The van der Waals surface area contributed by atoms with Crippen molar-refractivity contribution in [2.45, 2.75) is 44.2 Å². The van der Waals surface area contributed by atoms with Gasteiger partial charge in [-0.1, -0.05) is 41.9 Å². The van der Waals surface area contributed by atoms with Gasteiger partial charge < -0.3 is 4.74 Å². The summed E-state index contributed by atoms with van der Waals surface area (Å²) >= 11 is 6.27. The summed E-state index contributed by atoms with van der Waals surface area (Å²) in [6.45, 7) is 4.53. The second kappa shape index (κ2) is 11.2.